The smallest absolute Gasteiger partial charge is 0.422 e. The maximum Gasteiger partial charge on any atom is 0.422 e. The van der Waals surface area contributed by atoms with Crippen LogP contribution in [0, 0.1) is 0 Å². The van der Waals surface area contributed by atoms with E-state index in [-0.39, 0.29) is 15.8 Å². The number of likely N-dealkylation sites (tertiary alicyclic amines) is 1. The lowest BCUT2D eigenvalue weighted by molar-refractivity contribution is -0.165. The number of aromatic nitrogens is 1. The zero-order valence-electron chi connectivity index (χ0n) is 16.1. The van der Waals surface area contributed by atoms with Crippen molar-refractivity contribution < 1.29 is 49.8 Å². The summed E-state index contributed by atoms with van der Waals surface area (Å²) in [6.45, 7) is -4.03. The SMILES string of the molecule is CNC(=O)c1csc2c(C(F)(F)F)cc(OCC3(F)CN(C(=O)OCC(F)(F)F)C3)nc12. The lowest BCUT2D eigenvalue weighted by atomic mass is 9.98. The molecule has 7 nitrogen and oxygen atoms in total. The average Bonchev–Trinajstić information content (AvgIpc) is 3.09. The van der Waals surface area contributed by atoms with E-state index in [1.54, 1.807) is 0 Å². The van der Waals surface area contributed by atoms with Crippen LogP contribution in [0.3, 0.4) is 0 Å². The number of thiophene rings is 1. The molecule has 15 heteroatoms. The van der Waals surface area contributed by atoms with Crippen molar-refractivity contribution in [2.45, 2.75) is 18.0 Å². The molecule has 1 aliphatic heterocycles. The number of alkyl halides is 7. The fourth-order valence-electron chi connectivity index (χ4n) is 2.86. The van der Waals surface area contributed by atoms with Crippen LogP contribution in [0.25, 0.3) is 10.2 Å². The molecule has 0 aromatic carbocycles. The fourth-order valence-corrected chi connectivity index (χ4v) is 3.89. The van der Waals surface area contributed by atoms with Gasteiger partial charge in [-0.2, -0.15) is 26.3 Å². The summed E-state index contributed by atoms with van der Waals surface area (Å²) in [5, 5.41) is 3.47. The van der Waals surface area contributed by atoms with E-state index in [0.717, 1.165) is 0 Å². The Morgan fingerprint density at radius 3 is 2.47 bits per heavy atom. The molecule has 0 saturated carbocycles. The maximum absolute atomic E-state index is 14.6. The third-order valence-electron chi connectivity index (χ3n) is 4.32. The number of fused-ring (bicyclic) bond motifs is 1. The largest absolute Gasteiger partial charge is 0.474 e. The van der Waals surface area contributed by atoms with Gasteiger partial charge in [0.25, 0.3) is 5.91 Å². The van der Waals surface area contributed by atoms with Gasteiger partial charge < -0.3 is 19.7 Å². The Bertz CT molecular complexity index is 1030. The number of rotatable bonds is 5. The van der Waals surface area contributed by atoms with Crippen LogP contribution in [0.5, 0.6) is 5.88 Å². The Balaban J connectivity index is 1.73. The second kappa shape index (κ2) is 8.26. The van der Waals surface area contributed by atoms with Gasteiger partial charge >= 0.3 is 18.4 Å². The van der Waals surface area contributed by atoms with Gasteiger partial charge in [-0.25, -0.2) is 14.2 Å². The van der Waals surface area contributed by atoms with Gasteiger partial charge in [0.05, 0.1) is 34.4 Å². The third kappa shape index (κ3) is 5.14. The number of nitrogens with zero attached hydrogens (tertiary/aromatic N) is 2. The van der Waals surface area contributed by atoms with Gasteiger partial charge in [0.1, 0.15) is 6.61 Å². The molecule has 0 spiro atoms. The second-order valence-corrected chi connectivity index (χ2v) is 7.76. The second-order valence-electron chi connectivity index (χ2n) is 6.88. The molecule has 2 aromatic rings. The van der Waals surface area contributed by atoms with Gasteiger partial charge in [-0.15, -0.1) is 11.3 Å². The molecule has 0 radical (unpaired) electrons. The van der Waals surface area contributed by atoms with Crippen LogP contribution in [0.4, 0.5) is 35.5 Å². The van der Waals surface area contributed by atoms with E-state index < -0.39 is 67.8 Å². The van der Waals surface area contributed by atoms with Crippen LogP contribution in [0.15, 0.2) is 11.4 Å². The van der Waals surface area contributed by atoms with Crippen LogP contribution in [0.2, 0.25) is 0 Å². The molecule has 1 aliphatic rings. The highest BCUT2D eigenvalue weighted by atomic mass is 32.1. The van der Waals surface area contributed by atoms with Crippen LogP contribution in [0.1, 0.15) is 15.9 Å². The van der Waals surface area contributed by atoms with Gasteiger partial charge in [-0.05, 0) is 0 Å². The molecule has 1 N–H and O–H groups in total. The molecular weight excluding hydrogens is 475 g/mol. The molecule has 0 unspecified atom stereocenters. The minimum Gasteiger partial charge on any atom is -0.474 e. The molecule has 3 rings (SSSR count). The summed E-state index contributed by atoms with van der Waals surface area (Å²) < 4.78 is 99.9. The highest BCUT2D eigenvalue weighted by Gasteiger charge is 2.48. The van der Waals surface area contributed by atoms with Crippen LogP contribution >= 0.6 is 11.3 Å². The van der Waals surface area contributed by atoms with Gasteiger partial charge in [-0.1, -0.05) is 0 Å². The van der Waals surface area contributed by atoms with E-state index in [1.165, 1.54) is 12.4 Å². The predicted octanol–water partition coefficient (Wildman–Crippen LogP) is 3.78. The summed E-state index contributed by atoms with van der Waals surface area (Å²) >= 11 is 0.658. The summed E-state index contributed by atoms with van der Waals surface area (Å²) in [4.78, 5) is 27.9. The number of hydrogen-bond donors (Lipinski definition) is 1. The highest BCUT2D eigenvalue weighted by molar-refractivity contribution is 7.17. The monoisotopic (exact) mass is 489 g/mol. The molecule has 176 valence electrons. The van der Waals surface area contributed by atoms with Gasteiger partial charge in [0.2, 0.25) is 5.88 Å². The van der Waals surface area contributed by atoms with Crippen molar-refractivity contribution in [3.8, 4) is 5.88 Å². The Kier molecular flexibility index (Phi) is 6.14. The van der Waals surface area contributed by atoms with E-state index in [2.05, 4.69) is 15.0 Å². The van der Waals surface area contributed by atoms with E-state index >= 15 is 0 Å². The summed E-state index contributed by atoms with van der Waals surface area (Å²) in [5.74, 6) is -1.29. The predicted molar refractivity (Wildman–Crippen MR) is 96.3 cm³/mol. The molecule has 1 fully saturated rings. The first-order valence-corrected chi connectivity index (χ1v) is 9.62. The van der Waals surface area contributed by atoms with Crippen molar-refractivity contribution in [3.05, 3.63) is 22.6 Å². The average molecular weight is 489 g/mol. The summed E-state index contributed by atoms with van der Waals surface area (Å²) in [5.41, 5.74) is -3.76. The molecule has 0 bridgehead atoms. The maximum atomic E-state index is 14.6. The first-order chi connectivity index (χ1) is 14.7. The number of ether oxygens (including phenoxy) is 2. The van der Waals surface area contributed by atoms with Crippen LogP contribution in [-0.4, -0.2) is 67.1 Å². The lowest BCUT2D eigenvalue weighted by Gasteiger charge is -2.42. The topological polar surface area (TPSA) is 80.8 Å². The van der Waals surface area contributed by atoms with Gasteiger partial charge in [0, 0.05) is 18.5 Å². The molecule has 2 aromatic heterocycles. The molecule has 1 saturated heterocycles. The first kappa shape index (κ1) is 23.8. The molecule has 2 amide bonds. The van der Waals surface area contributed by atoms with Crippen molar-refractivity contribution in [2.75, 3.05) is 33.4 Å². The van der Waals surface area contributed by atoms with Crippen LogP contribution < -0.4 is 10.1 Å². The first-order valence-electron chi connectivity index (χ1n) is 8.74. The number of halogens is 7. The van der Waals surface area contributed by atoms with E-state index in [9.17, 15) is 40.3 Å². The van der Waals surface area contributed by atoms with Gasteiger partial charge in [0.15, 0.2) is 12.3 Å². The molecular formula is C17H14F7N3O4S. The minimum absolute atomic E-state index is 0.124. The normalized spacial score (nSPS) is 15.9. The van der Waals surface area contributed by atoms with Gasteiger partial charge in [-0.3, -0.25) is 4.79 Å². The number of hydrogen-bond acceptors (Lipinski definition) is 6. The lowest BCUT2D eigenvalue weighted by Crippen LogP contribution is -2.63. The van der Waals surface area contributed by atoms with Crippen molar-refractivity contribution in [1.29, 1.82) is 0 Å². The highest BCUT2D eigenvalue weighted by Crippen LogP contribution is 2.40. The third-order valence-corrected chi connectivity index (χ3v) is 5.32. The quantitative estimate of drug-likeness (QED) is 0.647. The Morgan fingerprint density at radius 2 is 1.91 bits per heavy atom. The Hall–Kier alpha value is -2.84. The number of carbonyl (C=O) groups is 2. The number of nitrogens with one attached hydrogen (secondary N) is 1. The zero-order chi connectivity index (χ0) is 23.9. The fraction of sp³-hybridized carbons (Fsp3) is 0.471. The van der Waals surface area contributed by atoms with E-state index in [0.29, 0.717) is 22.3 Å². The summed E-state index contributed by atoms with van der Waals surface area (Å²) in [7, 11) is 1.28. The summed E-state index contributed by atoms with van der Waals surface area (Å²) in [6, 6.07) is 0.559. The van der Waals surface area contributed by atoms with E-state index in [4.69, 9.17) is 4.74 Å². The van der Waals surface area contributed by atoms with Crippen molar-refractivity contribution in [1.82, 2.24) is 15.2 Å². The summed E-state index contributed by atoms with van der Waals surface area (Å²) in [6.07, 6.45) is -10.9. The van der Waals surface area contributed by atoms with E-state index in [1.807, 2.05) is 0 Å². The molecule has 0 aliphatic carbocycles. The Labute approximate surface area is 179 Å². The number of carbonyl (C=O) groups excluding carboxylic acids is 2. The molecule has 0 atom stereocenters. The Morgan fingerprint density at radius 1 is 1.25 bits per heavy atom. The van der Waals surface area contributed by atoms with Crippen LogP contribution in [-0.2, 0) is 10.9 Å². The number of amides is 2. The standard InChI is InChI=1S/C17H14F7N3O4S/c1-25-13(28)8-3-32-12-9(17(22,23)24)2-10(26-11(8)12)30-6-15(18)4-27(5-15)14(29)31-7-16(19,20)21/h2-3H,4-7H2,1H3,(H,25,28). The van der Waals surface area contributed by atoms with Crippen molar-refractivity contribution in [3.63, 3.8) is 0 Å². The van der Waals surface area contributed by atoms with Crippen molar-refractivity contribution >= 4 is 33.6 Å². The molecule has 3 heterocycles. The van der Waals surface area contributed by atoms with Crippen molar-refractivity contribution in [2.24, 2.45) is 0 Å². The number of pyridine rings is 1. The minimum atomic E-state index is -4.81. The molecule has 32 heavy (non-hydrogen) atoms. The zero-order valence-corrected chi connectivity index (χ0v) is 16.9.